The number of aliphatic hydroxyl groups excluding tert-OH is 1. The maximum atomic E-state index is 14.6. The number of anilines is 1. The van der Waals surface area contributed by atoms with Crippen molar-refractivity contribution in [2.24, 2.45) is 0 Å². The standard InChI is InChI=1S/C33H38F2N4O5.CH4/c1-21-8-7-9-22(2)30(21)44-19-28(40)38-26(16-23-10-5-4-6-11-23)29(41)32(43)39-20-33(34,35)17-27(39)31(42)37-18-24-12-14-25(36-3)15-13-24;/h4-15,26-27,29,36,41H,16-20H2,1-3H3,(H,37,42)(H,38,40);1H4/t26-,27-,29-;/m0./s1. The van der Waals surface area contributed by atoms with E-state index >= 15 is 0 Å². The molecule has 1 aliphatic rings. The van der Waals surface area contributed by atoms with Crippen LogP contribution in [0.25, 0.3) is 0 Å². The van der Waals surface area contributed by atoms with E-state index in [9.17, 15) is 28.3 Å². The van der Waals surface area contributed by atoms with Gasteiger partial charge < -0.3 is 30.7 Å². The summed E-state index contributed by atoms with van der Waals surface area (Å²) in [6.45, 7) is 2.35. The second kappa shape index (κ2) is 15.5. The van der Waals surface area contributed by atoms with Gasteiger partial charge in [-0.1, -0.05) is 68.1 Å². The zero-order valence-electron chi connectivity index (χ0n) is 25.0. The summed E-state index contributed by atoms with van der Waals surface area (Å²) in [5.74, 6) is -5.22. The number of halogens is 2. The number of likely N-dealkylation sites (tertiary alicyclic amines) is 1. The first-order valence-corrected chi connectivity index (χ1v) is 14.4. The number of carbonyl (C=O) groups is 3. The Morgan fingerprint density at radius 1 is 0.978 bits per heavy atom. The number of amides is 3. The summed E-state index contributed by atoms with van der Waals surface area (Å²) in [6, 6.07) is 18.9. The Kier molecular flexibility index (Phi) is 12.0. The van der Waals surface area contributed by atoms with Gasteiger partial charge in [0.05, 0.1) is 12.6 Å². The lowest BCUT2D eigenvalue weighted by Crippen LogP contribution is -2.56. The molecule has 4 N–H and O–H groups in total. The quantitative estimate of drug-likeness (QED) is 0.242. The van der Waals surface area contributed by atoms with Crippen LogP contribution in [0.2, 0.25) is 0 Å². The van der Waals surface area contributed by atoms with E-state index in [0.717, 1.165) is 22.4 Å². The highest BCUT2D eigenvalue weighted by Gasteiger charge is 2.51. The Bertz CT molecular complexity index is 1430. The van der Waals surface area contributed by atoms with Crippen molar-refractivity contribution in [1.29, 1.82) is 0 Å². The molecule has 1 fully saturated rings. The van der Waals surface area contributed by atoms with Crippen molar-refractivity contribution >= 4 is 23.4 Å². The summed E-state index contributed by atoms with van der Waals surface area (Å²) in [5, 5.41) is 19.5. The highest BCUT2D eigenvalue weighted by atomic mass is 19.3. The number of para-hydroxylation sites is 1. The fourth-order valence-electron chi connectivity index (χ4n) is 5.24. The van der Waals surface area contributed by atoms with Crippen molar-refractivity contribution in [3.63, 3.8) is 0 Å². The van der Waals surface area contributed by atoms with Crippen LogP contribution in [0.15, 0.2) is 72.8 Å². The fourth-order valence-corrected chi connectivity index (χ4v) is 5.24. The SMILES string of the molecule is C.CNc1ccc(CNC(=O)[C@@H]2CC(F)(F)CN2C(=O)[C@@H](O)[C@H](Cc2ccccc2)NC(=O)COc2c(C)cccc2C)cc1. The summed E-state index contributed by atoms with van der Waals surface area (Å²) in [4.78, 5) is 40.3. The van der Waals surface area contributed by atoms with Gasteiger partial charge in [0.25, 0.3) is 17.7 Å². The second-order valence-corrected chi connectivity index (χ2v) is 11.0. The minimum absolute atomic E-state index is 0. The number of alkyl halides is 2. The molecule has 4 rings (SSSR count). The monoisotopic (exact) mass is 624 g/mol. The number of benzene rings is 3. The number of nitrogens with one attached hydrogen (secondary N) is 3. The van der Waals surface area contributed by atoms with Crippen LogP contribution in [-0.2, 0) is 27.3 Å². The lowest BCUT2D eigenvalue weighted by Gasteiger charge is -2.30. The minimum Gasteiger partial charge on any atom is -0.483 e. The third kappa shape index (κ3) is 9.24. The van der Waals surface area contributed by atoms with Crippen LogP contribution >= 0.6 is 0 Å². The fraction of sp³-hybridized carbons (Fsp3) is 0.382. The zero-order valence-corrected chi connectivity index (χ0v) is 25.0. The molecule has 0 radical (unpaired) electrons. The van der Waals surface area contributed by atoms with E-state index in [1.807, 2.05) is 44.2 Å². The summed E-state index contributed by atoms with van der Waals surface area (Å²) >= 11 is 0. The van der Waals surface area contributed by atoms with Gasteiger partial charge in [-0.2, -0.15) is 0 Å². The molecule has 9 nitrogen and oxygen atoms in total. The summed E-state index contributed by atoms with van der Waals surface area (Å²) in [6.07, 6.45) is -2.75. The van der Waals surface area contributed by atoms with E-state index in [4.69, 9.17) is 4.74 Å². The molecule has 1 aliphatic heterocycles. The Morgan fingerprint density at radius 3 is 2.24 bits per heavy atom. The summed E-state index contributed by atoms with van der Waals surface area (Å²) in [7, 11) is 1.77. The lowest BCUT2D eigenvalue weighted by atomic mass is 9.99. The van der Waals surface area contributed by atoms with Gasteiger partial charge in [0.1, 0.15) is 11.8 Å². The van der Waals surface area contributed by atoms with Crippen molar-refractivity contribution < 1.29 is 33.0 Å². The second-order valence-electron chi connectivity index (χ2n) is 11.0. The highest BCUT2D eigenvalue weighted by molar-refractivity contribution is 5.91. The number of aryl methyl sites for hydroxylation is 2. The molecule has 11 heteroatoms. The van der Waals surface area contributed by atoms with Crippen LogP contribution in [0.3, 0.4) is 0 Å². The molecule has 1 heterocycles. The first-order chi connectivity index (χ1) is 21.0. The smallest absolute Gasteiger partial charge is 0.267 e. The van der Waals surface area contributed by atoms with E-state index < -0.39 is 54.8 Å². The average Bonchev–Trinajstić information content (AvgIpc) is 3.34. The Hall–Kier alpha value is -4.51. The van der Waals surface area contributed by atoms with E-state index in [0.29, 0.717) is 16.2 Å². The van der Waals surface area contributed by atoms with Gasteiger partial charge in [0, 0.05) is 25.7 Å². The zero-order chi connectivity index (χ0) is 31.9. The van der Waals surface area contributed by atoms with Crippen LogP contribution in [-0.4, -0.2) is 72.0 Å². The number of rotatable bonds is 12. The number of hydrogen-bond donors (Lipinski definition) is 4. The van der Waals surface area contributed by atoms with Crippen molar-refractivity contribution in [3.8, 4) is 5.75 Å². The topological polar surface area (TPSA) is 120 Å². The molecule has 45 heavy (non-hydrogen) atoms. The molecule has 0 aromatic heterocycles. The molecule has 3 amide bonds. The molecule has 0 aliphatic carbocycles. The van der Waals surface area contributed by atoms with Gasteiger partial charge >= 0.3 is 0 Å². The van der Waals surface area contributed by atoms with Crippen molar-refractivity contribution in [2.75, 3.05) is 25.5 Å². The van der Waals surface area contributed by atoms with Gasteiger partial charge in [-0.15, -0.1) is 0 Å². The van der Waals surface area contributed by atoms with E-state index in [2.05, 4.69) is 16.0 Å². The predicted molar refractivity (Wildman–Crippen MR) is 169 cm³/mol. The number of hydrogen-bond acceptors (Lipinski definition) is 6. The van der Waals surface area contributed by atoms with E-state index in [-0.39, 0.29) is 27.0 Å². The molecule has 3 aromatic rings. The first kappa shape index (κ1) is 35.0. The molecular weight excluding hydrogens is 582 g/mol. The maximum absolute atomic E-state index is 14.6. The van der Waals surface area contributed by atoms with Gasteiger partial charge in [-0.3, -0.25) is 14.4 Å². The molecule has 0 bridgehead atoms. The normalized spacial score (nSPS) is 16.6. The van der Waals surface area contributed by atoms with Crippen molar-refractivity contribution in [1.82, 2.24) is 15.5 Å². The number of carbonyl (C=O) groups excluding carboxylic acids is 3. The van der Waals surface area contributed by atoms with Crippen LogP contribution in [0.4, 0.5) is 14.5 Å². The number of aliphatic hydroxyl groups is 1. The third-order valence-corrected chi connectivity index (χ3v) is 7.60. The molecule has 0 unspecified atom stereocenters. The van der Waals surface area contributed by atoms with E-state index in [1.165, 1.54) is 0 Å². The highest BCUT2D eigenvalue weighted by Crippen LogP contribution is 2.33. The molecule has 3 atom stereocenters. The van der Waals surface area contributed by atoms with Crippen LogP contribution < -0.4 is 20.7 Å². The van der Waals surface area contributed by atoms with Crippen molar-refractivity contribution in [3.05, 3.63) is 95.1 Å². The van der Waals surface area contributed by atoms with Crippen LogP contribution in [0, 0.1) is 13.8 Å². The van der Waals surface area contributed by atoms with E-state index in [1.54, 1.807) is 49.5 Å². The predicted octanol–water partition coefficient (Wildman–Crippen LogP) is 4.00. The molecule has 242 valence electrons. The Morgan fingerprint density at radius 2 is 1.62 bits per heavy atom. The third-order valence-electron chi connectivity index (χ3n) is 7.60. The van der Waals surface area contributed by atoms with Gasteiger partial charge in [0.2, 0.25) is 5.91 Å². The lowest BCUT2D eigenvalue weighted by molar-refractivity contribution is -0.147. The largest absolute Gasteiger partial charge is 0.483 e. The van der Waals surface area contributed by atoms with Crippen molar-refractivity contribution in [2.45, 2.75) is 64.8 Å². The van der Waals surface area contributed by atoms with Gasteiger partial charge in [-0.05, 0) is 54.7 Å². The average molecular weight is 625 g/mol. The van der Waals surface area contributed by atoms with Gasteiger partial charge in [-0.25, -0.2) is 8.78 Å². The summed E-state index contributed by atoms with van der Waals surface area (Å²) < 4.78 is 35.0. The number of ether oxygens (including phenoxy) is 1. The molecule has 0 saturated carbocycles. The van der Waals surface area contributed by atoms with Gasteiger partial charge in [0.15, 0.2) is 12.7 Å². The minimum atomic E-state index is -3.33. The Labute approximate surface area is 263 Å². The van der Waals surface area contributed by atoms with Crippen LogP contribution in [0.5, 0.6) is 5.75 Å². The molecule has 3 aromatic carbocycles. The maximum Gasteiger partial charge on any atom is 0.267 e. The molecule has 1 saturated heterocycles. The Balaban J connectivity index is 0.00000552. The first-order valence-electron chi connectivity index (χ1n) is 14.4. The molecule has 0 spiro atoms. The molecular formula is C34H42F2N4O5. The van der Waals surface area contributed by atoms with Crippen LogP contribution in [0.1, 0.15) is 36.1 Å². The number of nitrogens with zero attached hydrogens (tertiary/aromatic N) is 1. The summed E-state index contributed by atoms with van der Waals surface area (Å²) in [5.41, 5.74) is 3.99.